The lowest BCUT2D eigenvalue weighted by Gasteiger charge is -2.07. The average Bonchev–Trinajstić information content (AvgIpc) is 2.06. The van der Waals surface area contributed by atoms with E-state index in [9.17, 15) is 0 Å². The first-order valence-corrected chi connectivity index (χ1v) is 5.01. The molecule has 0 unspecified atom stereocenters. The van der Waals surface area contributed by atoms with Gasteiger partial charge >= 0.3 is 5.24 Å². The van der Waals surface area contributed by atoms with Gasteiger partial charge in [-0.25, -0.2) is 0 Å². The highest BCUT2D eigenvalue weighted by molar-refractivity contribution is 7.79. The number of hydrogen-bond acceptors (Lipinski definition) is 3. The molecule has 0 radical (unpaired) electrons. The largest absolute Gasteiger partial charge is 0.457 e. The van der Waals surface area contributed by atoms with Crippen molar-refractivity contribution in [2.24, 2.45) is 0 Å². The Morgan fingerprint density at radius 3 is 1.75 bits per heavy atom. The fraction of sp³-hybridized carbons (Fsp3) is 0.889. The first kappa shape index (κ1) is 11.7. The zero-order valence-electron chi connectivity index (χ0n) is 7.97. The Labute approximate surface area is 80.2 Å². The molecule has 0 rings (SSSR count). The zero-order valence-corrected chi connectivity index (χ0v) is 8.78. The van der Waals surface area contributed by atoms with Crippen molar-refractivity contribution < 1.29 is 9.47 Å². The van der Waals surface area contributed by atoms with Crippen LogP contribution < -0.4 is 0 Å². The molecule has 0 aliphatic heterocycles. The summed E-state index contributed by atoms with van der Waals surface area (Å²) in [5, 5.41) is 0.303. The van der Waals surface area contributed by atoms with Gasteiger partial charge in [0, 0.05) is 12.2 Å². The van der Waals surface area contributed by atoms with Gasteiger partial charge in [-0.3, -0.25) is 0 Å². The summed E-state index contributed by atoms with van der Waals surface area (Å²) in [6.45, 7) is 5.59. The lowest BCUT2D eigenvalue weighted by molar-refractivity contribution is 0.173. The van der Waals surface area contributed by atoms with Crippen molar-refractivity contribution in [3.05, 3.63) is 0 Å². The third-order valence-electron chi connectivity index (χ3n) is 1.44. The molecule has 0 heterocycles. The third-order valence-corrected chi connectivity index (χ3v) is 1.67. The number of ether oxygens (including phenoxy) is 2. The summed E-state index contributed by atoms with van der Waals surface area (Å²) in [5.41, 5.74) is 0. The molecule has 0 aromatic carbocycles. The topological polar surface area (TPSA) is 18.5 Å². The smallest absolute Gasteiger partial charge is 0.352 e. The summed E-state index contributed by atoms with van der Waals surface area (Å²) in [6, 6.07) is 0. The summed E-state index contributed by atoms with van der Waals surface area (Å²) in [5.74, 6) is 0. The van der Waals surface area contributed by atoms with Crippen LogP contribution >= 0.6 is 12.2 Å². The second-order valence-electron chi connectivity index (χ2n) is 2.65. The van der Waals surface area contributed by atoms with E-state index in [-0.39, 0.29) is 0 Å². The highest BCUT2D eigenvalue weighted by Crippen LogP contribution is 1.94. The van der Waals surface area contributed by atoms with Crippen molar-refractivity contribution in [3.8, 4) is 0 Å². The second kappa shape index (κ2) is 8.78. The highest BCUT2D eigenvalue weighted by atomic mass is 32.1. The first-order valence-electron chi connectivity index (χ1n) is 4.60. The molecule has 0 aliphatic carbocycles. The van der Waals surface area contributed by atoms with Crippen molar-refractivity contribution in [3.63, 3.8) is 0 Å². The van der Waals surface area contributed by atoms with Crippen molar-refractivity contribution in [2.45, 2.75) is 39.5 Å². The number of hydrogen-bond donors (Lipinski definition) is 0. The maximum absolute atomic E-state index is 5.14. The lowest BCUT2D eigenvalue weighted by Crippen LogP contribution is -2.08. The van der Waals surface area contributed by atoms with Gasteiger partial charge in [0.15, 0.2) is 0 Å². The van der Waals surface area contributed by atoms with Crippen LogP contribution in [-0.2, 0) is 9.47 Å². The van der Waals surface area contributed by atoms with Gasteiger partial charge in [0.05, 0.1) is 13.2 Å². The van der Waals surface area contributed by atoms with Gasteiger partial charge in [0.2, 0.25) is 0 Å². The predicted octanol–water partition coefficient (Wildman–Crippen LogP) is 2.90. The molecule has 0 amide bonds. The normalized spacial score (nSPS) is 9.50. The van der Waals surface area contributed by atoms with Crippen molar-refractivity contribution >= 4 is 17.5 Å². The SMILES string of the molecule is CCCCOC(=S)OCCCC. The van der Waals surface area contributed by atoms with E-state index in [1.165, 1.54) is 0 Å². The van der Waals surface area contributed by atoms with E-state index in [1.807, 2.05) is 0 Å². The Morgan fingerprint density at radius 2 is 1.42 bits per heavy atom. The summed E-state index contributed by atoms with van der Waals surface area (Å²) in [4.78, 5) is 0. The minimum Gasteiger partial charge on any atom is -0.457 e. The average molecular weight is 190 g/mol. The van der Waals surface area contributed by atoms with E-state index in [2.05, 4.69) is 13.8 Å². The molecule has 0 fully saturated rings. The molecule has 3 heteroatoms. The van der Waals surface area contributed by atoms with Crippen molar-refractivity contribution in [1.82, 2.24) is 0 Å². The van der Waals surface area contributed by atoms with Gasteiger partial charge in [0.1, 0.15) is 0 Å². The minimum absolute atomic E-state index is 0.303. The molecule has 0 atom stereocenters. The summed E-state index contributed by atoms with van der Waals surface area (Å²) in [7, 11) is 0. The van der Waals surface area contributed by atoms with Gasteiger partial charge in [-0.1, -0.05) is 26.7 Å². The molecule has 12 heavy (non-hydrogen) atoms. The Bertz CT molecular complexity index is 103. The first-order chi connectivity index (χ1) is 5.81. The van der Waals surface area contributed by atoms with Crippen LogP contribution in [0.15, 0.2) is 0 Å². The van der Waals surface area contributed by atoms with Crippen molar-refractivity contribution in [1.29, 1.82) is 0 Å². The Kier molecular flexibility index (Phi) is 8.56. The van der Waals surface area contributed by atoms with Gasteiger partial charge in [-0.15, -0.1) is 0 Å². The summed E-state index contributed by atoms with van der Waals surface area (Å²) in [6.07, 6.45) is 4.32. The molecule has 0 N–H and O–H groups in total. The monoisotopic (exact) mass is 190 g/mol. The molecule has 0 saturated heterocycles. The van der Waals surface area contributed by atoms with E-state index < -0.39 is 0 Å². The van der Waals surface area contributed by atoms with Gasteiger partial charge in [0.25, 0.3) is 0 Å². The molecule has 2 nitrogen and oxygen atoms in total. The van der Waals surface area contributed by atoms with E-state index in [4.69, 9.17) is 21.7 Å². The maximum atomic E-state index is 5.14. The molecule has 72 valence electrons. The zero-order chi connectivity index (χ0) is 9.23. The molecular weight excluding hydrogens is 172 g/mol. The number of unbranched alkanes of at least 4 members (excludes halogenated alkanes) is 2. The summed E-state index contributed by atoms with van der Waals surface area (Å²) >= 11 is 4.84. The standard InChI is InChI=1S/C9H18O2S/c1-3-5-7-10-9(12)11-8-6-4-2/h3-8H2,1-2H3. The quantitative estimate of drug-likeness (QED) is 0.474. The van der Waals surface area contributed by atoms with E-state index in [0.717, 1.165) is 25.7 Å². The highest BCUT2D eigenvalue weighted by Gasteiger charge is 1.96. The second-order valence-corrected chi connectivity index (χ2v) is 2.99. The van der Waals surface area contributed by atoms with Crippen molar-refractivity contribution in [2.75, 3.05) is 13.2 Å². The van der Waals surface area contributed by atoms with Gasteiger partial charge in [-0.2, -0.15) is 0 Å². The molecule has 0 aliphatic rings. The molecule has 0 aromatic rings. The number of rotatable bonds is 6. The van der Waals surface area contributed by atoms with Crippen LogP contribution in [0.4, 0.5) is 0 Å². The summed E-state index contributed by atoms with van der Waals surface area (Å²) < 4.78 is 10.3. The van der Waals surface area contributed by atoms with Gasteiger partial charge < -0.3 is 9.47 Å². The fourth-order valence-corrected chi connectivity index (χ4v) is 0.808. The lowest BCUT2D eigenvalue weighted by atomic mass is 10.4. The molecule has 0 saturated carbocycles. The Balaban J connectivity index is 3.10. The minimum atomic E-state index is 0.303. The number of thiocarbonyl (C=S) groups is 1. The van der Waals surface area contributed by atoms with Crippen LogP contribution in [0.25, 0.3) is 0 Å². The molecule has 0 aromatic heterocycles. The molecule has 0 spiro atoms. The van der Waals surface area contributed by atoms with Crippen LogP contribution in [0.1, 0.15) is 39.5 Å². The fourth-order valence-electron chi connectivity index (χ4n) is 0.641. The Morgan fingerprint density at radius 1 is 1.00 bits per heavy atom. The van der Waals surface area contributed by atoms with Crippen LogP contribution in [0.2, 0.25) is 0 Å². The molecule has 0 bridgehead atoms. The Hall–Kier alpha value is -0.310. The molecular formula is C9H18O2S. The van der Waals surface area contributed by atoms with Crippen LogP contribution in [0.5, 0.6) is 0 Å². The van der Waals surface area contributed by atoms with E-state index >= 15 is 0 Å². The van der Waals surface area contributed by atoms with E-state index in [1.54, 1.807) is 0 Å². The van der Waals surface area contributed by atoms with Gasteiger partial charge in [-0.05, 0) is 12.8 Å². The van der Waals surface area contributed by atoms with Crippen LogP contribution in [0, 0.1) is 0 Å². The maximum Gasteiger partial charge on any atom is 0.352 e. The predicted molar refractivity (Wildman–Crippen MR) is 54.3 cm³/mol. The van der Waals surface area contributed by atoms with Crippen LogP contribution in [0.3, 0.4) is 0 Å². The van der Waals surface area contributed by atoms with Crippen LogP contribution in [-0.4, -0.2) is 18.5 Å². The third kappa shape index (κ3) is 7.79. The van der Waals surface area contributed by atoms with E-state index in [0.29, 0.717) is 18.5 Å².